The maximum absolute atomic E-state index is 2.47. The Bertz CT molecular complexity index is 505. The van der Waals surface area contributed by atoms with Crippen molar-refractivity contribution >= 4 is 6.08 Å². The van der Waals surface area contributed by atoms with Crippen LogP contribution in [0.15, 0.2) is 23.8 Å². The summed E-state index contributed by atoms with van der Waals surface area (Å²) < 4.78 is 0. The van der Waals surface area contributed by atoms with E-state index in [1.54, 1.807) is 11.1 Å². The van der Waals surface area contributed by atoms with E-state index in [2.05, 4.69) is 52.0 Å². The smallest absolute Gasteiger partial charge is 0.0148 e. The van der Waals surface area contributed by atoms with Crippen LogP contribution in [0.3, 0.4) is 0 Å². The van der Waals surface area contributed by atoms with E-state index in [4.69, 9.17) is 0 Å². The van der Waals surface area contributed by atoms with Gasteiger partial charge in [0.1, 0.15) is 0 Å². The molecule has 1 fully saturated rings. The fourth-order valence-electron chi connectivity index (χ4n) is 3.96. The molecular formula is C17H22. The lowest BCUT2D eigenvalue weighted by Crippen LogP contribution is -2.35. The molecule has 0 saturated heterocycles. The molecule has 0 N–H and O–H groups in total. The third kappa shape index (κ3) is 1.43. The molecule has 0 heterocycles. The zero-order chi connectivity index (χ0) is 12.3. The molecule has 3 rings (SSSR count). The normalized spacial score (nSPS) is 29.5. The quantitative estimate of drug-likeness (QED) is 0.592. The molecule has 1 aromatic carbocycles. The van der Waals surface area contributed by atoms with Gasteiger partial charge in [-0.3, -0.25) is 0 Å². The summed E-state index contributed by atoms with van der Waals surface area (Å²) in [6.45, 7) is 9.48. The van der Waals surface area contributed by atoms with Gasteiger partial charge in [-0.2, -0.15) is 0 Å². The van der Waals surface area contributed by atoms with Crippen LogP contribution < -0.4 is 0 Å². The standard InChI is InChI=1S/C17H22/c1-12-6-7-13-11-15-16(2,3)8-5-9-17(15,4)14(13)10-12/h6-7,10-11H,5,8-9H2,1-4H3. The fourth-order valence-corrected chi connectivity index (χ4v) is 3.96. The van der Waals surface area contributed by atoms with Crippen LogP contribution in [0.4, 0.5) is 0 Å². The monoisotopic (exact) mass is 226 g/mol. The van der Waals surface area contributed by atoms with E-state index >= 15 is 0 Å². The minimum atomic E-state index is 0.309. The Hall–Kier alpha value is -1.04. The molecule has 0 aliphatic heterocycles. The van der Waals surface area contributed by atoms with Crippen molar-refractivity contribution in [2.45, 2.75) is 52.4 Å². The van der Waals surface area contributed by atoms with Crippen molar-refractivity contribution in [3.8, 4) is 0 Å². The van der Waals surface area contributed by atoms with Gasteiger partial charge >= 0.3 is 0 Å². The van der Waals surface area contributed by atoms with Crippen molar-refractivity contribution in [1.82, 2.24) is 0 Å². The fraction of sp³-hybridized carbons (Fsp3) is 0.529. The average molecular weight is 226 g/mol. The molecule has 0 radical (unpaired) electrons. The predicted molar refractivity (Wildman–Crippen MR) is 74.1 cm³/mol. The number of rotatable bonds is 0. The van der Waals surface area contributed by atoms with Crippen molar-refractivity contribution in [3.05, 3.63) is 40.5 Å². The topological polar surface area (TPSA) is 0 Å². The Morgan fingerprint density at radius 2 is 1.82 bits per heavy atom. The van der Waals surface area contributed by atoms with Crippen LogP contribution >= 0.6 is 0 Å². The van der Waals surface area contributed by atoms with Gasteiger partial charge in [-0.1, -0.05) is 62.6 Å². The van der Waals surface area contributed by atoms with Crippen LogP contribution in [-0.4, -0.2) is 0 Å². The minimum absolute atomic E-state index is 0.309. The molecule has 0 aromatic heterocycles. The van der Waals surface area contributed by atoms with Crippen LogP contribution in [0.25, 0.3) is 6.08 Å². The Morgan fingerprint density at radius 3 is 2.59 bits per heavy atom. The highest BCUT2D eigenvalue weighted by atomic mass is 14.5. The highest BCUT2D eigenvalue weighted by molar-refractivity contribution is 5.71. The van der Waals surface area contributed by atoms with E-state index < -0.39 is 0 Å². The maximum Gasteiger partial charge on any atom is 0.0148 e. The Kier molecular flexibility index (Phi) is 2.12. The lowest BCUT2D eigenvalue weighted by atomic mass is 9.60. The number of benzene rings is 1. The van der Waals surface area contributed by atoms with Gasteiger partial charge in [0.05, 0.1) is 0 Å². The summed E-state index contributed by atoms with van der Waals surface area (Å²) in [7, 11) is 0. The molecule has 0 spiro atoms. The first-order valence-electron chi connectivity index (χ1n) is 6.77. The third-order valence-corrected chi connectivity index (χ3v) is 4.91. The van der Waals surface area contributed by atoms with Crippen LogP contribution in [0.1, 0.15) is 56.7 Å². The van der Waals surface area contributed by atoms with E-state index in [1.807, 2.05) is 0 Å². The van der Waals surface area contributed by atoms with Crippen LogP contribution in [0.2, 0.25) is 0 Å². The number of allylic oxidation sites excluding steroid dienone is 1. The van der Waals surface area contributed by atoms with E-state index in [-0.39, 0.29) is 0 Å². The Labute approximate surface area is 105 Å². The summed E-state index contributed by atoms with van der Waals surface area (Å²) in [5.74, 6) is 0. The third-order valence-electron chi connectivity index (χ3n) is 4.91. The van der Waals surface area contributed by atoms with Gasteiger partial charge in [0.15, 0.2) is 0 Å². The second-order valence-corrected chi connectivity index (χ2v) is 6.72. The van der Waals surface area contributed by atoms with Crippen LogP contribution in [-0.2, 0) is 5.41 Å². The van der Waals surface area contributed by atoms with Gasteiger partial charge in [0.2, 0.25) is 0 Å². The first-order chi connectivity index (χ1) is 7.93. The lowest BCUT2D eigenvalue weighted by Gasteiger charge is -2.44. The maximum atomic E-state index is 2.47. The van der Waals surface area contributed by atoms with Gasteiger partial charge in [-0.15, -0.1) is 0 Å². The molecule has 2 aliphatic carbocycles. The van der Waals surface area contributed by atoms with Crippen molar-refractivity contribution in [2.75, 3.05) is 0 Å². The van der Waals surface area contributed by atoms with Crippen LogP contribution in [0.5, 0.6) is 0 Å². The number of hydrogen-bond acceptors (Lipinski definition) is 0. The summed E-state index contributed by atoms with van der Waals surface area (Å²) in [6.07, 6.45) is 6.47. The van der Waals surface area contributed by atoms with E-state index in [1.165, 1.54) is 30.4 Å². The number of hydrogen-bond donors (Lipinski definition) is 0. The van der Waals surface area contributed by atoms with Gasteiger partial charge in [-0.05, 0) is 36.3 Å². The van der Waals surface area contributed by atoms with Crippen molar-refractivity contribution in [3.63, 3.8) is 0 Å². The Morgan fingerprint density at radius 1 is 1.06 bits per heavy atom. The predicted octanol–water partition coefficient (Wildman–Crippen LogP) is 4.86. The summed E-state index contributed by atoms with van der Waals surface area (Å²) in [4.78, 5) is 0. The molecule has 1 saturated carbocycles. The first-order valence-corrected chi connectivity index (χ1v) is 6.77. The zero-order valence-corrected chi connectivity index (χ0v) is 11.4. The van der Waals surface area contributed by atoms with Crippen molar-refractivity contribution < 1.29 is 0 Å². The second kappa shape index (κ2) is 3.25. The molecule has 2 aliphatic rings. The lowest BCUT2D eigenvalue weighted by molar-refractivity contribution is 0.266. The first kappa shape index (κ1) is 11.1. The minimum Gasteiger partial charge on any atom is -0.0587 e. The number of aryl methyl sites for hydroxylation is 1. The second-order valence-electron chi connectivity index (χ2n) is 6.72. The number of fused-ring (bicyclic) bond motifs is 3. The SMILES string of the molecule is Cc1ccc2c(c1)C1(C)CCCC(C)(C)C1=C2. The molecule has 1 atom stereocenters. The van der Waals surface area contributed by atoms with E-state index in [0.29, 0.717) is 10.8 Å². The highest BCUT2D eigenvalue weighted by Crippen LogP contribution is 2.56. The van der Waals surface area contributed by atoms with E-state index in [0.717, 1.165) is 0 Å². The van der Waals surface area contributed by atoms with Gasteiger partial charge in [0.25, 0.3) is 0 Å². The summed E-state index contributed by atoms with van der Waals surface area (Å²) in [6, 6.07) is 6.95. The molecule has 0 heteroatoms. The summed E-state index contributed by atoms with van der Waals surface area (Å²) in [5.41, 5.74) is 6.77. The largest absolute Gasteiger partial charge is 0.0587 e. The van der Waals surface area contributed by atoms with Crippen molar-refractivity contribution in [2.24, 2.45) is 5.41 Å². The van der Waals surface area contributed by atoms with Gasteiger partial charge < -0.3 is 0 Å². The zero-order valence-electron chi connectivity index (χ0n) is 11.4. The molecule has 0 nitrogen and oxygen atoms in total. The molecule has 1 aromatic rings. The van der Waals surface area contributed by atoms with E-state index in [9.17, 15) is 0 Å². The Balaban J connectivity index is 2.21. The summed E-state index contributed by atoms with van der Waals surface area (Å²) >= 11 is 0. The highest BCUT2D eigenvalue weighted by Gasteiger charge is 2.46. The summed E-state index contributed by atoms with van der Waals surface area (Å²) in [5, 5.41) is 0. The average Bonchev–Trinajstić information content (AvgIpc) is 2.53. The molecule has 17 heavy (non-hydrogen) atoms. The molecule has 0 bridgehead atoms. The van der Waals surface area contributed by atoms with Gasteiger partial charge in [0, 0.05) is 5.41 Å². The molecule has 90 valence electrons. The molecule has 0 amide bonds. The molecule has 1 unspecified atom stereocenters. The molecular weight excluding hydrogens is 204 g/mol. The van der Waals surface area contributed by atoms with Crippen molar-refractivity contribution in [1.29, 1.82) is 0 Å². The van der Waals surface area contributed by atoms with Crippen LogP contribution in [0, 0.1) is 12.3 Å². The van der Waals surface area contributed by atoms with Gasteiger partial charge in [-0.25, -0.2) is 0 Å².